The SMILES string of the molecule is CCCCN(C)CCCCOc1ccc(C2Oc3cc(O)ccc3C(C(F)(F)F)=C2c2ccc(O)cc2)cc1. The van der Waals surface area contributed by atoms with Crippen LogP contribution < -0.4 is 9.47 Å². The Morgan fingerprint density at radius 3 is 2.21 bits per heavy atom. The largest absolute Gasteiger partial charge is 0.508 e. The van der Waals surface area contributed by atoms with Gasteiger partial charge in [-0.3, -0.25) is 0 Å². The Kier molecular flexibility index (Phi) is 9.07. The molecule has 5 nitrogen and oxygen atoms in total. The number of ether oxygens (including phenoxy) is 2. The highest BCUT2D eigenvalue weighted by Crippen LogP contribution is 2.53. The van der Waals surface area contributed by atoms with Crippen LogP contribution in [0.5, 0.6) is 23.0 Å². The van der Waals surface area contributed by atoms with Crippen molar-refractivity contribution in [2.45, 2.75) is 44.9 Å². The number of nitrogens with zero attached hydrogens (tertiary/aromatic N) is 1. The molecular formula is C31H34F3NO4. The van der Waals surface area contributed by atoms with Gasteiger partial charge in [0.25, 0.3) is 0 Å². The summed E-state index contributed by atoms with van der Waals surface area (Å²) in [7, 11) is 2.12. The van der Waals surface area contributed by atoms with Gasteiger partial charge >= 0.3 is 6.18 Å². The van der Waals surface area contributed by atoms with Gasteiger partial charge in [0.05, 0.1) is 12.2 Å². The molecule has 1 heterocycles. The molecule has 0 radical (unpaired) electrons. The number of allylic oxidation sites excluding steroid dienone is 1. The molecule has 1 atom stereocenters. The molecule has 0 bridgehead atoms. The van der Waals surface area contributed by atoms with Gasteiger partial charge in [-0.15, -0.1) is 0 Å². The fourth-order valence-electron chi connectivity index (χ4n) is 4.71. The van der Waals surface area contributed by atoms with E-state index < -0.39 is 17.9 Å². The van der Waals surface area contributed by atoms with E-state index in [0.29, 0.717) is 17.9 Å². The number of benzene rings is 3. The molecule has 0 saturated heterocycles. The number of rotatable bonds is 11. The lowest BCUT2D eigenvalue weighted by Crippen LogP contribution is -2.23. The normalized spacial score (nSPS) is 15.3. The smallest absolute Gasteiger partial charge is 0.417 e. The van der Waals surface area contributed by atoms with Crippen molar-refractivity contribution in [1.82, 2.24) is 4.90 Å². The highest BCUT2D eigenvalue weighted by atomic mass is 19.4. The molecule has 0 aromatic heterocycles. The van der Waals surface area contributed by atoms with Crippen molar-refractivity contribution in [3.8, 4) is 23.0 Å². The molecule has 0 aliphatic carbocycles. The summed E-state index contributed by atoms with van der Waals surface area (Å²) in [6.45, 7) is 4.82. The molecule has 0 amide bonds. The Morgan fingerprint density at radius 1 is 0.872 bits per heavy atom. The first-order valence-electron chi connectivity index (χ1n) is 13.2. The second-order valence-corrected chi connectivity index (χ2v) is 9.79. The van der Waals surface area contributed by atoms with Crippen molar-refractivity contribution in [2.75, 3.05) is 26.7 Å². The van der Waals surface area contributed by atoms with Crippen molar-refractivity contribution in [3.05, 3.63) is 83.4 Å². The van der Waals surface area contributed by atoms with Crippen LogP contribution in [0.3, 0.4) is 0 Å². The number of alkyl halides is 3. The number of hydrogen-bond acceptors (Lipinski definition) is 5. The maximum absolute atomic E-state index is 14.6. The van der Waals surface area contributed by atoms with Crippen molar-refractivity contribution in [3.63, 3.8) is 0 Å². The molecule has 0 spiro atoms. The van der Waals surface area contributed by atoms with Gasteiger partial charge in [0.2, 0.25) is 0 Å². The first-order valence-corrected chi connectivity index (χ1v) is 13.2. The fraction of sp³-hybridized carbons (Fsp3) is 0.355. The number of fused-ring (bicyclic) bond motifs is 1. The van der Waals surface area contributed by atoms with Gasteiger partial charge in [0.1, 0.15) is 23.0 Å². The fourth-order valence-corrected chi connectivity index (χ4v) is 4.71. The Balaban J connectivity index is 1.58. The minimum atomic E-state index is -4.70. The van der Waals surface area contributed by atoms with E-state index in [0.717, 1.165) is 25.9 Å². The summed E-state index contributed by atoms with van der Waals surface area (Å²) in [6, 6.07) is 16.0. The van der Waals surface area contributed by atoms with Crippen LogP contribution in [-0.2, 0) is 0 Å². The molecule has 208 valence electrons. The molecule has 3 aromatic rings. The second kappa shape index (κ2) is 12.5. The minimum Gasteiger partial charge on any atom is -0.508 e. The molecule has 1 aliphatic heterocycles. The molecule has 1 aliphatic rings. The van der Waals surface area contributed by atoms with E-state index in [1.54, 1.807) is 24.3 Å². The lowest BCUT2D eigenvalue weighted by Gasteiger charge is -2.33. The molecule has 1 unspecified atom stereocenters. The van der Waals surface area contributed by atoms with E-state index in [1.807, 2.05) is 0 Å². The lowest BCUT2D eigenvalue weighted by atomic mass is 9.85. The predicted molar refractivity (Wildman–Crippen MR) is 146 cm³/mol. The number of hydrogen-bond donors (Lipinski definition) is 2. The van der Waals surface area contributed by atoms with Crippen LogP contribution in [-0.4, -0.2) is 48.0 Å². The third kappa shape index (κ3) is 7.06. The van der Waals surface area contributed by atoms with Crippen LogP contribution in [0.4, 0.5) is 13.2 Å². The molecule has 4 rings (SSSR count). The summed E-state index contributed by atoms with van der Waals surface area (Å²) >= 11 is 0. The van der Waals surface area contributed by atoms with Gasteiger partial charge in [-0.2, -0.15) is 13.2 Å². The van der Waals surface area contributed by atoms with Crippen LogP contribution in [0.15, 0.2) is 66.7 Å². The van der Waals surface area contributed by atoms with E-state index in [4.69, 9.17) is 9.47 Å². The Morgan fingerprint density at radius 2 is 1.54 bits per heavy atom. The van der Waals surface area contributed by atoms with Crippen molar-refractivity contribution in [1.29, 1.82) is 0 Å². The minimum absolute atomic E-state index is 0.0550. The Hall–Kier alpha value is -3.65. The molecule has 0 saturated carbocycles. The zero-order valence-electron chi connectivity index (χ0n) is 22.2. The average Bonchev–Trinajstić information content (AvgIpc) is 2.91. The predicted octanol–water partition coefficient (Wildman–Crippen LogP) is 7.60. The summed E-state index contributed by atoms with van der Waals surface area (Å²) in [5.74, 6) is 0.320. The van der Waals surface area contributed by atoms with Gasteiger partial charge in [-0.1, -0.05) is 37.6 Å². The van der Waals surface area contributed by atoms with E-state index in [9.17, 15) is 23.4 Å². The standard InChI is InChI=1S/C31H34F3NO4/c1-3-4-17-35(2)18-5-6-19-38-25-14-9-22(10-15-25)30-28(21-7-11-23(36)12-8-21)29(31(32,33)34)26-16-13-24(37)20-27(26)39-30/h7-16,20,30,36-37H,3-6,17-19H2,1-2H3. The van der Waals surface area contributed by atoms with E-state index >= 15 is 0 Å². The summed E-state index contributed by atoms with van der Waals surface area (Å²) in [5, 5.41) is 19.7. The Labute approximate surface area is 227 Å². The van der Waals surface area contributed by atoms with Crippen LogP contribution in [0.1, 0.15) is 55.4 Å². The maximum atomic E-state index is 14.6. The number of aromatic hydroxyl groups is 2. The summed E-state index contributed by atoms with van der Waals surface area (Å²) in [5.41, 5.74) is -0.295. The summed E-state index contributed by atoms with van der Waals surface area (Å²) in [6.07, 6.45) is -1.53. The van der Waals surface area contributed by atoms with E-state index in [1.165, 1.54) is 55.3 Å². The van der Waals surface area contributed by atoms with Crippen LogP contribution in [0.25, 0.3) is 11.1 Å². The first-order chi connectivity index (χ1) is 18.7. The molecule has 0 fully saturated rings. The third-order valence-corrected chi connectivity index (χ3v) is 6.75. The van der Waals surface area contributed by atoms with Gasteiger partial charge in [-0.25, -0.2) is 0 Å². The second-order valence-electron chi connectivity index (χ2n) is 9.79. The summed E-state index contributed by atoms with van der Waals surface area (Å²) in [4.78, 5) is 2.31. The third-order valence-electron chi connectivity index (χ3n) is 6.75. The van der Waals surface area contributed by atoms with Gasteiger partial charge in [0, 0.05) is 17.2 Å². The summed E-state index contributed by atoms with van der Waals surface area (Å²) < 4.78 is 55.6. The van der Waals surface area contributed by atoms with E-state index in [2.05, 4.69) is 18.9 Å². The quantitative estimate of drug-likeness (QED) is 0.245. The number of unbranched alkanes of at least 4 members (excludes halogenated alkanes) is 2. The topological polar surface area (TPSA) is 62.2 Å². The van der Waals surface area contributed by atoms with Crippen LogP contribution in [0, 0.1) is 0 Å². The van der Waals surface area contributed by atoms with Crippen LogP contribution in [0.2, 0.25) is 0 Å². The van der Waals surface area contributed by atoms with Gasteiger partial charge in [0.15, 0.2) is 6.10 Å². The molecule has 2 N–H and O–H groups in total. The Bertz CT molecular complexity index is 1270. The monoisotopic (exact) mass is 541 g/mol. The van der Waals surface area contributed by atoms with E-state index in [-0.39, 0.29) is 33.9 Å². The molecular weight excluding hydrogens is 507 g/mol. The first kappa shape index (κ1) is 28.4. The zero-order chi connectivity index (χ0) is 28.0. The van der Waals surface area contributed by atoms with Crippen LogP contribution >= 0.6 is 0 Å². The zero-order valence-corrected chi connectivity index (χ0v) is 22.2. The van der Waals surface area contributed by atoms with Crippen molar-refractivity contribution in [2.24, 2.45) is 0 Å². The van der Waals surface area contributed by atoms with Crippen molar-refractivity contribution >= 4 is 11.1 Å². The maximum Gasteiger partial charge on any atom is 0.417 e. The lowest BCUT2D eigenvalue weighted by molar-refractivity contribution is -0.0695. The van der Waals surface area contributed by atoms with Gasteiger partial charge in [-0.05, 0) is 86.9 Å². The number of halogens is 3. The van der Waals surface area contributed by atoms with Crippen molar-refractivity contribution < 1.29 is 32.9 Å². The molecule has 8 heteroatoms. The molecule has 3 aromatic carbocycles. The average molecular weight is 542 g/mol. The number of phenolic OH excluding ortho intramolecular Hbond substituents is 2. The van der Waals surface area contributed by atoms with Gasteiger partial charge < -0.3 is 24.6 Å². The molecule has 39 heavy (non-hydrogen) atoms. The highest BCUT2D eigenvalue weighted by Gasteiger charge is 2.44. The number of phenols is 2. The highest BCUT2D eigenvalue weighted by molar-refractivity contribution is 5.98.